The van der Waals surface area contributed by atoms with Gasteiger partial charge in [0.1, 0.15) is 16.4 Å². The molecule has 130 valence electrons. The van der Waals surface area contributed by atoms with Gasteiger partial charge in [-0.15, -0.1) is 0 Å². The third-order valence-electron chi connectivity index (χ3n) is 3.85. The fourth-order valence-corrected chi connectivity index (χ4v) is 3.89. The highest BCUT2D eigenvalue weighted by atomic mass is 32.2. The maximum absolute atomic E-state index is 12.8. The maximum Gasteiger partial charge on any atom is 0.244 e. The maximum atomic E-state index is 12.8. The lowest BCUT2D eigenvalue weighted by atomic mass is 10.0. The van der Waals surface area contributed by atoms with Gasteiger partial charge in [-0.05, 0) is 31.0 Å². The van der Waals surface area contributed by atoms with Gasteiger partial charge >= 0.3 is 0 Å². The van der Waals surface area contributed by atoms with Crippen LogP contribution in [-0.4, -0.2) is 22.6 Å². The van der Waals surface area contributed by atoms with E-state index >= 15 is 0 Å². The van der Waals surface area contributed by atoms with Crippen molar-refractivity contribution in [3.8, 4) is 11.5 Å². The molecular weight excluding hydrogens is 326 g/mol. The van der Waals surface area contributed by atoms with E-state index in [0.29, 0.717) is 12.2 Å². The molecule has 0 saturated heterocycles. The Hall–Kier alpha value is -2.05. The standard InChI is InChI=1S/C18H23NO4S/c1-5-16(14-8-6-13(2)7-9-14)19-24(20,21)18-11-10-15(22-3)12-17(18)23-4/h6-12,16,19H,5H2,1-4H3. The van der Waals surface area contributed by atoms with Crippen molar-refractivity contribution >= 4 is 10.0 Å². The first-order chi connectivity index (χ1) is 11.4. The highest BCUT2D eigenvalue weighted by Crippen LogP contribution is 2.30. The summed E-state index contributed by atoms with van der Waals surface area (Å²) in [7, 11) is -0.773. The number of sulfonamides is 1. The fourth-order valence-electron chi connectivity index (χ4n) is 2.43. The van der Waals surface area contributed by atoms with Gasteiger partial charge in [0.05, 0.1) is 14.2 Å². The monoisotopic (exact) mass is 349 g/mol. The van der Waals surface area contributed by atoms with E-state index in [0.717, 1.165) is 11.1 Å². The third kappa shape index (κ3) is 4.07. The lowest BCUT2D eigenvalue weighted by molar-refractivity contribution is 0.385. The minimum absolute atomic E-state index is 0.0939. The minimum Gasteiger partial charge on any atom is -0.497 e. The minimum atomic E-state index is -3.73. The fraction of sp³-hybridized carbons (Fsp3) is 0.333. The molecule has 0 radical (unpaired) electrons. The van der Waals surface area contributed by atoms with E-state index < -0.39 is 10.0 Å². The largest absolute Gasteiger partial charge is 0.497 e. The van der Waals surface area contributed by atoms with Crippen LogP contribution in [0.5, 0.6) is 11.5 Å². The predicted octanol–water partition coefficient (Wildman–Crippen LogP) is 3.44. The highest BCUT2D eigenvalue weighted by molar-refractivity contribution is 7.89. The second-order valence-electron chi connectivity index (χ2n) is 5.51. The number of benzene rings is 2. The van der Waals surface area contributed by atoms with Gasteiger partial charge in [0.15, 0.2) is 0 Å². The average molecular weight is 349 g/mol. The van der Waals surface area contributed by atoms with E-state index in [2.05, 4.69) is 4.72 Å². The van der Waals surface area contributed by atoms with Crippen LogP contribution >= 0.6 is 0 Å². The summed E-state index contributed by atoms with van der Waals surface area (Å²) in [5.41, 5.74) is 2.06. The summed E-state index contributed by atoms with van der Waals surface area (Å²) in [6.45, 7) is 3.94. The lowest BCUT2D eigenvalue weighted by Gasteiger charge is -2.19. The van der Waals surface area contributed by atoms with Crippen LogP contribution in [0.3, 0.4) is 0 Å². The van der Waals surface area contributed by atoms with Gasteiger partial charge in [0, 0.05) is 12.1 Å². The van der Waals surface area contributed by atoms with Crippen LogP contribution < -0.4 is 14.2 Å². The van der Waals surface area contributed by atoms with Crippen molar-refractivity contribution in [1.82, 2.24) is 4.72 Å². The Morgan fingerprint density at radius 2 is 1.71 bits per heavy atom. The molecule has 24 heavy (non-hydrogen) atoms. The zero-order valence-corrected chi connectivity index (χ0v) is 15.2. The SMILES string of the molecule is CCC(NS(=O)(=O)c1ccc(OC)cc1OC)c1ccc(C)cc1. The van der Waals surface area contributed by atoms with E-state index in [1.54, 1.807) is 12.1 Å². The zero-order chi connectivity index (χ0) is 17.7. The number of ether oxygens (including phenoxy) is 2. The molecule has 0 spiro atoms. The van der Waals surface area contributed by atoms with Gasteiger partial charge in [-0.25, -0.2) is 13.1 Å². The molecule has 0 aliphatic heterocycles. The Morgan fingerprint density at radius 1 is 1.04 bits per heavy atom. The summed E-state index contributed by atoms with van der Waals surface area (Å²) >= 11 is 0. The molecular formula is C18H23NO4S. The van der Waals surface area contributed by atoms with Crippen LogP contribution in [0.1, 0.15) is 30.5 Å². The summed E-state index contributed by atoms with van der Waals surface area (Å²) in [5.74, 6) is 0.789. The van der Waals surface area contributed by atoms with Gasteiger partial charge in [-0.2, -0.15) is 0 Å². The molecule has 0 aliphatic carbocycles. The Balaban J connectivity index is 2.34. The second-order valence-corrected chi connectivity index (χ2v) is 7.19. The molecule has 0 fully saturated rings. The van der Waals surface area contributed by atoms with Crippen LogP contribution in [0.25, 0.3) is 0 Å². The molecule has 0 heterocycles. The van der Waals surface area contributed by atoms with Crippen molar-refractivity contribution in [1.29, 1.82) is 0 Å². The molecule has 0 aromatic heterocycles. The lowest BCUT2D eigenvalue weighted by Crippen LogP contribution is -2.28. The van der Waals surface area contributed by atoms with Crippen LogP contribution in [0.4, 0.5) is 0 Å². The molecule has 1 unspecified atom stereocenters. The third-order valence-corrected chi connectivity index (χ3v) is 5.36. The van der Waals surface area contributed by atoms with Crippen molar-refractivity contribution in [2.24, 2.45) is 0 Å². The van der Waals surface area contributed by atoms with E-state index in [4.69, 9.17) is 9.47 Å². The number of hydrogen-bond acceptors (Lipinski definition) is 4. The van der Waals surface area contributed by atoms with Crippen molar-refractivity contribution in [3.05, 3.63) is 53.6 Å². The van der Waals surface area contributed by atoms with Crippen LogP contribution in [0.2, 0.25) is 0 Å². The number of hydrogen-bond donors (Lipinski definition) is 1. The molecule has 1 N–H and O–H groups in total. The van der Waals surface area contributed by atoms with Crippen molar-refractivity contribution in [3.63, 3.8) is 0 Å². The topological polar surface area (TPSA) is 64.6 Å². The molecule has 1 atom stereocenters. The second kappa shape index (κ2) is 7.68. The molecule has 6 heteroatoms. The molecule has 5 nitrogen and oxygen atoms in total. The summed E-state index contributed by atoms with van der Waals surface area (Å²) in [4.78, 5) is 0.0939. The first-order valence-electron chi connectivity index (χ1n) is 7.72. The first-order valence-corrected chi connectivity index (χ1v) is 9.20. The first kappa shape index (κ1) is 18.3. The molecule has 0 saturated carbocycles. The normalized spacial score (nSPS) is 12.7. The van der Waals surface area contributed by atoms with E-state index in [1.165, 1.54) is 20.3 Å². The Kier molecular flexibility index (Phi) is 5.85. The van der Waals surface area contributed by atoms with E-state index in [-0.39, 0.29) is 16.7 Å². The summed E-state index contributed by atoms with van der Waals surface area (Å²) < 4.78 is 38.7. The summed E-state index contributed by atoms with van der Waals surface area (Å²) in [6.07, 6.45) is 0.640. The molecule has 0 aliphatic rings. The Morgan fingerprint density at radius 3 is 2.25 bits per heavy atom. The van der Waals surface area contributed by atoms with Gasteiger partial charge in [-0.3, -0.25) is 0 Å². The van der Waals surface area contributed by atoms with E-state index in [1.807, 2.05) is 38.1 Å². The van der Waals surface area contributed by atoms with Crippen molar-refractivity contribution in [2.45, 2.75) is 31.2 Å². The van der Waals surface area contributed by atoms with Crippen molar-refractivity contribution < 1.29 is 17.9 Å². The molecule has 2 aromatic rings. The molecule has 2 rings (SSSR count). The smallest absolute Gasteiger partial charge is 0.244 e. The van der Waals surface area contributed by atoms with Gasteiger partial charge in [0.25, 0.3) is 0 Å². The van der Waals surface area contributed by atoms with Gasteiger partial charge in [0.2, 0.25) is 10.0 Å². The number of rotatable bonds is 7. The predicted molar refractivity (Wildman–Crippen MR) is 94.1 cm³/mol. The Labute approximate surface area is 143 Å². The number of aryl methyl sites for hydroxylation is 1. The number of methoxy groups -OCH3 is 2. The molecule has 2 aromatic carbocycles. The van der Waals surface area contributed by atoms with Crippen LogP contribution in [0.15, 0.2) is 47.4 Å². The van der Waals surface area contributed by atoms with Gasteiger partial charge in [-0.1, -0.05) is 36.8 Å². The molecule has 0 bridgehead atoms. The quantitative estimate of drug-likeness (QED) is 0.832. The zero-order valence-electron chi connectivity index (χ0n) is 14.4. The number of nitrogens with one attached hydrogen (secondary N) is 1. The Bertz CT molecular complexity index is 785. The van der Waals surface area contributed by atoms with Crippen LogP contribution in [-0.2, 0) is 10.0 Å². The summed E-state index contributed by atoms with van der Waals surface area (Å²) in [6, 6.07) is 12.2. The highest BCUT2D eigenvalue weighted by Gasteiger charge is 2.24. The summed E-state index contributed by atoms with van der Waals surface area (Å²) in [5, 5.41) is 0. The van der Waals surface area contributed by atoms with Crippen molar-refractivity contribution in [2.75, 3.05) is 14.2 Å². The molecule has 0 amide bonds. The van der Waals surface area contributed by atoms with Crippen LogP contribution in [0, 0.1) is 6.92 Å². The average Bonchev–Trinajstić information content (AvgIpc) is 2.59. The van der Waals surface area contributed by atoms with E-state index in [9.17, 15) is 8.42 Å². The van der Waals surface area contributed by atoms with Gasteiger partial charge < -0.3 is 9.47 Å².